The standard InChI is InChI=1S/C24H28O2/c1-21-11-12-22(2,25-21)18-16-10-8-6-5-7-9-15(17(18)21)19-20(16)24(4)14-13-23(19,3)26-24/h11-14H,5-10H2,1-4H3. The minimum absolute atomic E-state index is 0.273. The maximum absolute atomic E-state index is 6.68. The van der Waals surface area contributed by atoms with E-state index in [2.05, 4.69) is 52.0 Å². The number of hydrogen-bond acceptors (Lipinski definition) is 2. The van der Waals surface area contributed by atoms with Gasteiger partial charge in [-0.3, -0.25) is 0 Å². The van der Waals surface area contributed by atoms with Gasteiger partial charge in [0.2, 0.25) is 0 Å². The first kappa shape index (κ1) is 15.7. The van der Waals surface area contributed by atoms with Gasteiger partial charge >= 0.3 is 0 Å². The van der Waals surface area contributed by atoms with Crippen molar-refractivity contribution >= 4 is 0 Å². The SMILES string of the molecule is CC12C=CC(C)(O1)c1c3c4c(c(c12)CCCCCC3)C1(C)C=CC4(C)O1. The highest BCUT2D eigenvalue weighted by Gasteiger charge is 2.59. The van der Waals surface area contributed by atoms with E-state index in [1.807, 2.05) is 0 Å². The molecule has 136 valence electrons. The first-order valence-corrected chi connectivity index (χ1v) is 10.3. The van der Waals surface area contributed by atoms with Gasteiger partial charge in [-0.05, 0) is 111 Å². The van der Waals surface area contributed by atoms with Gasteiger partial charge < -0.3 is 9.47 Å². The zero-order chi connectivity index (χ0) is 17.9. The molecule has 0 radical (unpaired) electrons. The molecular formula is C24H28O2. The Morgan fingerprint density at radius 1 is 0.538 bits per heavy atom. The Morgan fingerprint density at radius 2 is 0.846 bits per heavy atom. The van der Waals surface area contributed by atoms with E-state index in [4.69, 9.17) is 9.47 Å². The highest BCUT2D eigenvalue weighted by molar-refractivity contribution is 5.68. The molecular weight excluding hydrogens is 320 g/mol. The van der Waals surface area contributed by atoms with Crippen molar-refractivity contribution in [2.24, 2.45) is 0 Å². The quantitative estimate of drug-likeness (QED) is 0.584. The summed E-state index contributed by atoms with van der Waals surface area (Å²) in [7, 11) is 0. The molecule has 26 heavy (non-hydrogen) atoms. The molecule has 2 nitrogen and oxygen atoms in total. The predicted octanol–water partition coefficient (Wildman–Crippen LogP) is 5.41. The Labute approximate surface area is 156 Å². The van der Waals surface area contributed by atoms with Crippen LogP contribution in [-0.4, -0.2) is 0 Å². The minimum Gasteiger partial charge on any atom is -0.351 e. The minimum atomic E-state index is -0.273. The van der Waals surface area contributed by atoms with Crippen molar-refractivity contribution in [2.75, 3.05) is 0 Å². The van der Waals surface area contributed by atoms with Crippen LogP contribution in [0, 0.1) is 0 Å². The van der Waals surface area contributed by atoms with Gasteiger partial charge in [0, 0.05) is 0 Å². The third-order valence-electron chi connectivity index (χ3n) is 7.58. The summed E-state index contributed by atoms with van der Waals surface area (Å²) < 4.78 is 13.4. The summed E-state index contributed by atoms with van der Waals surface area (Å²) in [5, 5.41) is 0. The molecule has 0 saturated heterocycles. The molecule has 0 N–H and O–H groups in total. The number of rotatable bonds is 0. The van der Waals surface area contributed by atoms with E-state index in [0.29, 0.717) is 0 Å². The predicted molar refractivity (Wildman–Crippen MR) is 102 cm³/mol. The van der Waals surface area contributed by atoms with Gasteiger partial charge in [-0.15, -0.1) is 0 Å². The Hall–Kier alpha value is -1.38. The van der Waals surface area contributed by atoms with Crippen LogP contribution >= 0.6 is 0 Å². The van der Waals surface area contributed by atoms with Gasteiger partial charge in [-0.2, -0.15) is 0 Å². The average molecular weight is 348 g/mol. The van der Waals surface area contributed by atoms with Crippen molar-refractivity contribution in [3.05, 3.63) is 57.7 Å². The molecule has 1 aromatic carbocycles. The maximum Gasteiger partial charge on any atom is 0.111 e. The fourth-order valence-electron chi connectivity index (χ4n) is 6.69. The zero-order valence-electron chi connectivity index (χ0n) is 16.4. The summed E-state index contributed by atoms with van der Waals surface area (Å²) in [6.07, 6.45) is 16.7. The van der Waals surface area contributed by atoms with Crippen LogP contribution in [0.25, 0.3) is 0 Å². The highest BCUT2D eigenvalue weighted by atomic mass is 16.5. The van der Waals surface area contributed by atoms with Crippen LogP contribution in [0.2, 0.25) is 0 Å². The van der Waals surface area contributed by atoms with Crippen molar-refractivity contribution in [3.63, 3.8) is 0 Å². The molecule has 4 heterocycles. The zero-order valence-corrected chi connectivity index (χ0v) is 16.4. The number of hydrogen-bond donors (Lipinski definition) is 0. The molecule has 5 aliphatic rings. The summed E-state index contributed by atoms with van der Waals surface area (Å²) in [6.45, 7) is 9.06. The van der Waals surface area contributed by atoms with Crippen LogP contribution in [0.15, 0.2) is 24.3 Å². The van der Waals surface area contributed by atoms with Gasteiger partial charge in [-0.1, -0.05) is 12.8 Å². The van der Waals surface area contributed by atoms with Crippen LogP contribution in [0.1, 0.15) is 86.8 Å². The Bertz CT molecular complexity index is 789. The summed E-state index contributed by atoms with van der Waals surface area (Å²) in [5.74, 6) is 0. The van der Waals surface area contributed by atoms with E-state index in [1.165, 1.54) is 59.1 Å². The van der Waals surface area contributed by atoms with Gasteiger partial charge in [0.25, 0.3) is 0 Å². The van der Waals surface area contributed by atoms with E-state index in [1.54, 1.807) is 0 Å². The van der Waals surface area contributed by atoms with Crippen molar-refractivity contribution in [1.29, 1.82) is 0 Å². The molecule has 2 heteroatoms. The van der Waals surface area contributed by atoms with E-state index in [0.717, 1.165) is 12.8 Å². The molecule has 0 spiro atoms. The van der Waals surface area contributed by atoms with Gasteiger partial charge in [-0.25, -0.2) is 0 Å². The van der Waals surface area contributed by atoms with Crippen LogP contribution < -0.4 is 0 Å². The number of ether oxygens (including phenoxy) is 2. The third-order valence-corrected chi connectivity index (χ3v) is 7.58. The second kappa shape index (κ2) is 4.36. The van der Waals surface area contributed by atoms with Crippen molar-refractivity contribution in [3.8, 4) is 0 Å². The van der Waals surface area contributed by atoms with Crippen molar-refractivity contribution in [1.82, 2.24) is 0 Å². The lowest BCUT2D eigenvalue weighted by molar-refractivity contribution is -0.0540. The second-order valence-corrected chi connectivity index (χ2v) is 9.67. The molecule has 0 aromatic heterocycles. The lowest BCUT2D eigenvalue weighted by Crippen LogP contribution is -2.27. The van der Waals surface area contributed by atoms with Gasteiger partial charge in [0.1, 0.15) is 22.4 Å². The van der Waals surface area contributed by atoms with Crippen LogP contribution in [0.3, 0.4) is 0 Å². The van der Waals surface area contributed by atoms with Crippen LogP contribution in [-0.2, 0) is 44.7 Å². The summed E-state index contributed by atoms with van der Waals surface area (Å²) in [5.41, 5.74) is 7.89. The monoisotopic (exact) mass is 348 g/mol. The van der Waals surface area contributed by atoms with E-state index >= 15 is 0 Å². The summed E-state index contributed by atoms with van der Waals surface area (Å²) in [4.78, 5) is 0. The molecule has 4 atom stereocenters. The van der Waals surface area contributed by atoms with Crippen molar-refractivity contribution < 1.29 is 9.47 Å². The lowest BCUT2D eigenvalue weighted by atomic mass is 9.67. The van der Waals surface area contributed by atoms with Gasteiger partial charge in [0.15, 0.2) is 0 Å². The molecule has 1 aromatic rings. The smallest absolute Gasteiger partial charge is 0.111 e. The largest absolute Gasteiger partial charge is 0.351 e. The fraction of sp³-hybridized carbons (Fsp3) is 0.583. The molecule has 6 bridgehead atoms. The molecule has 0 amide bonds. The molecule has 0 fully saturated rings. The Kier molecular flexibility index (Phi) is 2.63. The molecule has 6 rings (SSSR count). The third kappa shape index (κ3) is 1.59. The Morgan fingerprint density at radius 3 is 1.15 bits per heavy atom. The van der Waals surface area contributed by atoms with E-state index in [-0.39, 0.29) is 22.4 Å². The molecule has 4 unspecified atom stereocenters. The Balaban J connectivity index is 1.78. The molecule has 0 saturated carbocycles. The number of benzene rings is 1. The van der Waals surface area contributed by atoms with Crippen LogP contribution in [0.5, 0.6) is 0 Å². The number of fused-ring (bicyclic) bond motifs is 9. The summed E-state index contributed by atoms with van der Waals surface area (Å²) >= 11 is 0. The van der Waals surface area contributed by atoms with Gasteiger partial charge in [0.05, 0.1) is 0 Å². The summed E-state index contributed by atoms with van der Waals surface area (Å²) in [6, 6.07) is 0. The topological polar surface area (TPSA) is 18.5 Å². The second-order valence-electron chi connectivity index (χ2n) is 9.67. The first-order valence-electron chi connectivity index (χ1n) is 10.3. The van der Waals surface area contributed by atoms with E-state index in [9.17, 15) is 0 Å². The normalized spacial score (nSPS) is 44.0. The molecule has 4 aliphatic heterocycles. The fourth-order valence-corrected chi connectivity index (χ4v) is 6.69. The highest BCUT2D eigenvalue weighted by Crippen LogP contribution is 2.64. The first-order chi connectivity index (χ1) is 12.3. The van der Waals surface area contributed by atoms with E-state index < -0.39 is 0 Å². The average Bonchev–Trinajstić information content (AvgIpc) is 3.23. The lowest BCUT2D eigenvalue weighted by Gasteiger charge is -2.33. The van der Waals surface area contributed by atoms with Crippen LogP contribution in [0.4, 0.5) is 0 Å². The maximum atomic E-state index is 6.68. The molecule has 1 aliphatic carbocycles. The van der Waals surface area contributed by atoms with Crippen molar-refractivity contribution in [2.45, 2.75) is 88.6 Å².